The van der Waals surface area contributed by atoms with E-state index < -0.39 is 16.1 Å². The van der Waals surface area contributed by atoms with Gasteiger partial charge in [-0.15, -0.1) is 0 Å². The van der Waals surface area contributed by atoms with Gasteiger partial charge in [0, 0.05) is 25.8 Å². The van der Waals surface area contributed by atoms with Crippen molar-refractivity contribution in [3.05, 3.63) is 24.3 Å². The summed E-state index contributed by atoms with van der Waals surface area (Å²) in [5, 5.41) is 3.03. The van der Waals surface area contributed by atoms with Crippen LogP contribution >= 0.6 is 0 Å². The molecule has 1 fully saturated rings. The third-order valence-electron chi connectivity index (χ3n) is 4.73. The van der Waals surface area contributed by atoms with E-state index in [4.69, 9.17) is 9.47 Å². The van der Waals surface area contributed by atoms with E-state index in [-0.39, 0.29) is 16.8 Å². The topological polar surface area (TPSA) is 93.7 Å². The monoisotopic (exact) mass is 412 g/mol. The summed E-state index contributed by atoms with van der Waals surface area (Å²) in [6.45, 7) is 5.05. The number of amides is 1. The van der Waals surface area contributed by atoms with Crippen LogP contribution in [0, 0.1) is 0 Å². The predicted octanol–water partition coefficient (Wildman–Crippen LogP) is 2.61. The van der Waals surface area contributed by atoms with Gasteiger partial charge in [0.2, 0.25) is 10.0 Å². The molecule has 1 aliphatic carbocycles. The van der Waals surface area contributed by atoms with Crippen LogP contribution in [0.5, 0.6) is 5.75 Å². The molecule has 1 atom stereocenters. The fraction of sp³-hybridized carbons (Fsp3) is 0.650. The third kappa shape index (κ3) is 7.41. The second-order valence-electron chi connectivity index (χ2n) is 7.02. The molecule has 0 aliphatic heterocycles. The Kier molecular flexibility index (Phi) is 9.21. The maximum absolute atomic E-state index is 12.3. The molecular formula is C20H32N2O5S. The van der Waals surface area contributed by atoms with Gasteiger partial charge in [0.05, 0.1) is 4.90 Å². The highest BCUT2D eigenvalue weighted by Crippen LogP contribution is 2.19. The summed E-state index contributed by atoms with van der Waals surface area (Å²) in [6, 6.07) is 6.32. The highest BCUT2D eigenvalue weighted by atomic mass is 32.2. The van der Waals surface area contributed by atoms with Crippen molar-refractivity contribution in [3.8, 4) is 5.75 Å². The lowest BCUT2D eigenvalue weighted by molar-refractivity contribution is -0.128. The smallest absolute Gasteiger partial charge is 0.260 e. The average molecular weight is 413 g/mol. The molecule has 2 N–H and O–H groups in total. The number of nitrogens with one attached hydrogen (secondary N) is 2. The minimum Gasteiger partial charge on any atom is -0.481 e. The quantitative estimate of drug-likeness (QED) is 0.545. The van der Waals surface area contributed by atoms with Crippen LogP contribution in [-0.4, -0.2) is 46.2 Å². The summed E-state index contributed by atoms with van der Waals surface area (Å²) in [5.41, 5.74) is 0. The average Bonchev–Trinajstić information content (AvgIpc) is 2.69. The van der Waals surface area contributed by atoms with Crippen LogP contribution in [0.1, 0.15) is 52.4 Å². The number of sulfonamides is 1. The lowest BCUT2D eigenvalue weighted by atomic mass is 9.95. The van der Waals surface area contributed by atoms with E-state index >= 15 is 0 Å². The molecule has 8 heteroatoms. The van der Waals surface area contributed by atoms with Crippen LogP contribution in [0.15, 0.2) is 29.2 Å². The molecule has 0 radical (unpaired) electrons. The minimum absolute atomic E-state index is 0.139. The molecule has 7 nitrogen and oxygen atoms in total. The molecule has 28 heavy (non-hydrogen) atoms. The number of carbonyl (C=O) groups excluding carboxylic acids is 1. The number of benzene rings is 1. The van der Waals surface area contributed by atoms with Crippen molar-refractivity contribution in [3.63, 3.8) is 0 Å². The maximum atomic E-state index is 12.3. The van der Waals surface area contributed by atoms with Crippen molar-refractivity contribution in [1.29, 1.82) is 0 Å². The molecule has 2 rings (SSSR count). The van der Waals surface area contributed by atoms with Crippen LogP contribution in [0.3, 0.4) is 0 Å². The summed E-state index contributed by atoms with van der Waals surface area (Å²) in [4.78, 5) is 12.4. The minimum atomic E-state index is -3.57. The number of hydrogen-bond donors (Lipinski definition) is 2. The van der Waals surface area contributed by atoms with Crippen LogP contribution in [0.4, 0.5) is 0 Å². The first kappa shape index (κ1) is 22.6. The van der Waals surface area contributed by atoms with E-state index in [9.17, 15) is 13.2 Å². The van der Waals surface area contributed by atoms with Gasteiger partial charge in [-0.05, 0) is 57.4 Å². The Bertz CT molecular complexity index is 700. The van der Waals surface area contributed by atoms with Crippen molar-refractivity contribution in [2.24, 2.45) is 0 Å². The largest absolute Gasteiger partial charge is 0.481 e. The van der Waals surface area contributed by atoms with Crippen LogP contribution in [0.2, 0.25) is 0 Å². The van der Waals surface area contributed by atoms with Gasteiger partial charge >= 0.3 is 0 Å². The van der Waals surface area contributed by atoms with Gasteiger partial charge in [0.25, 0.3) is 5.91 Å². The van der Waals surface area contributed by atoms with Gasteiger partial charge in [0.1, 0.15) is 5.75 Å². The maximum Gasteiger partial charge on any atom is 0.260 e. The molecule has 1 saturated carbocycles. The Morgan fingerprint density at radius 2 is 1.86 bits per heavy atom. The molecular weight excluding hydrogens is 380 g/mol. The van der Waals surface area contributed by atoms with Crippen molar-refractivity contribution in [2.75, 3.05) is 19.8 Å². The summed E-state index contributed by atoms with van der Waals surface area (Å²) < 4.78 is 37.9. The SMILES string of the molecule is CCOCCCNS(=O)(=O)c1ccc(O[C@@H](C)C(=O)NC2CCCCC2)cc1. The zero-order valence-electron chi connectivity index (χ0n) is 16.8. The van der Waals surface area contributed by atoms with Crippen molar-refractivity contribution < 1.29 is 22.7 Å². The summed E-state index contributed by atoms with van der Waals surface area (Å²) in [5.74, 6) is 0.321. The Morgan fingerprint density at radius 3 is 2.50 bits per heavy atom. The number of carbonyl (C=O) groups is 1. The second kappa shape index (κ2) is 11.4. The van der Waals surface area contributed by atoms with E-state index in [1.165, 1.54) is 18.6 Å². The zero-order valence-corrected chi connectivity index (χ0v) is 17.6. The van der Waals surface area contributed by atoms with Crippen LogP contribution in [0.25, 0.3) is 0 Å². The van der Waals surface area contributed by atoms with Gasteiger partial charge in [-0.2, -0.15) is 0 Å². The van der Waals surface area contributed by atoms with E-state index in [1.807, 2.05) is 6.92 Å². The molecule has 0 bridgehead atoms. The van der Waals surface area contributed by atoms with Gasteiger partial charge in [-0.1, -0.05) is 19.3 Å². The third-order valence-corrected chi connectivity index (χ3v) is 6.21. The molecule has 158 valence electrons. The highest BCUT2D eigenvalue weighted by Gasteiger charge is 2.21. The fourth-order valence-corrected chi connectivity index (χ4v) is 4.20. The van der Waals surface area contributed by atoms with E-state index in [0.29, 0.717) is 31.9 Å². The zero-order chi connectivity index (χ0) is 20.4. The molecule has 1 aliphatic rings. The molecule has 0 spiro atoms. The highest BCUT2D eigenvalue weighted by molar-refractivity contribution is 7.89. The molecule has 0 unspecified atom stereocenters. The van der Waals surface area contributed by atoms with Crippen molar-refractivity contribution >= 4 is 15.9 Å². The van der Waals surface area contributed by atoms with Gasteiger partial charge in [-0.3, -0.25) is 4.79 Å². The van der Waals surface area contributed by atoms with Crippen molar-refractivity contribution in [1.82, 2.24) is 10.0 Å². The molecule has 0 heterocycles. The van der Waals surface area contributed by atoms with Gasteiger partial charge < -0.3 is 14.8 Å². The first-order valence-corrected chi connectivity index (χ1v) is 11.5. The molecule has 0 saturated heterocycles. The predicted molar refractivity (Wildman–Crippen MR) is 108 cm³/mol. The number of rotatable bonds is 11. The van der Waals surface area contributed by atoms with Gasteiger partial charge in [-0.25, -0.2) is 13.1 Å². The molecule has 1 aromatic rings. The second-order valence-corrected chi connectivity index (χ2v) is 8.79. The fourth-order valence-electron chi connectivity index (χ4n) is 3.13. The summed E-state index contributed by atoms with van der Waals surface area (Å²) in [6.07, 6.45) is 5.54. The van der Waals surface area contributed by atoms with Crippen LogP contribution < -0.4 is 14.8 Å². The van der Waals surface area contributed by atoms with Crippen molar-refractivity contribution in [2.45, 2.75) is 69.4 Å². The van der Waals surface area contributed by atoms with Gasteiger partial charge in [0.15, 0.2) is 6.10 Å². The Morgan fingerprint density at radius 1 is 1.18 bits per heavy atom. The molecule has 0 aromatic heterocycles. The van der Waals surface area contributed by atoms with Crippen LogP contribution in [-0.2, 0) is 19.6 Å². The first-order valence-electron chi connectivity index (χ1n) is 10.1. The summed E-state index contributed by atoms with van der Waals surface area (Å²) >= 11 is 0. The Hall–Kier alpha value is -1.64. The van der Waals surface area contributed by atoms with E-state index in [0.717, 1.165) is 25.7 Å². The molecule has 1 aromatic carbocycles. The summed E-state index contributed by atoms with van der Waals surface area (Å²) in [7, 11) is -3.57. The van der Waals surface area contributed by atoms with E-state index in [2.05, 4.69) is 10.0 Å². The normalized spacial score (nSPS) is 16.5. The lowest BCUT2D eigenvalue weighted by Crippen LogP contribution is -2.43. The Balaban J connectivity index is 1.82. The standard InChI is InChI=1S/C20H32N2O5S/c1-3-26-15-7-14-21-28(24,25)19-12-10-18(11-13-19)27-16(2)20(23)22-17-8-5-4-6-9-17/h10-13,16-17,21H,3-9,14-15H2,1-2H3,(H,22,23)/t16-/m0/s1. The number of hydrogen-bond acceptors (Lipinski definition) is 5. The molecule has 1 amide bonds. The first-order chi connectivity index (χ1) is 13.4. The number of ether oxygens (including phenoxy) is 2. The van der Waals surface area contributed by atoms with E-state index in [1.54, 1.807) is 19.1 Å². The lowest BCUT2D eigenvalue weighted by Gasteiger charge is -2.24. The Labute approximate surface area is 168 Å².